The van der Waals surface area contributed by atoms with Crippen LogP contribution < -0.4 is 0 Å². The van der Waals surface area contributed by atoms with Gasteiger partial charge in [0.25, 0.3) is 10.1 Å². The minimum atomic E-state index is -3.70. The summed E-state index contributed by atoms with van der Waals surface area (Å²) in [5.41, 5.74) is 0.645. The van der Waals surface area contributed by atoms with Gasteiger partial charge in [0.2, 0.25) is 0 Å². The van der Waals surface area contributed by atoms with E-state index in [0.717, 1.165) is 5.56 Å². The molecule has 0 saturated heterocycles. The second kappa shape index (κ2) is 5.24. The van der Waals surface area contributed by atoms with Crippen LogP contribution in [0.25, 0.3) is 6.08 Å². The molecule has 1 aromatic carbocycles. The summed E-state index contributed by atoms with van der Waals surface area (Å²) in [5.74, 6) is 0. The predicted octanol–water partition coefficient (Wildman–Crippen LogP) is 3.47. The number of benzene rings is 1. The molecule has 1 atom stereocenters. The molecule has 3 nitrogen and oxygen atoms in total. The second-order valence-corrected chi connectivity index (χ2v) is 6.90. The SMILES string of the molecule is C=Cc1ccc(S(=O)(=O)OC(C)C(C)(C)C)cc1. The van der Waals surface area contributed by atoms with Crippen molar-refractivity contribution in [3.8, 4) is 0 Å². The molecule has 1 aromatic rings. The molecule has 1 unspecified atom stereocenters. The number of rotatable bonds is 4. The first kappa shape index (κ1) is 14.9. The van der Waals surface area contributed by atoms with Gasteiger partial charge in [0.05, 0.1) is 11.0 Å². The third-order valence-corrected chi connectivity index (χ3v) is 4.29. The normalized spacial score (nSPS) is 14.2. The fourth-order valence-electron chi connectivity index (χ4n) is 1.16. The van der Waals surface area contributed by atoms with E-state index < -0.39 is 10.1 Å². The van der Waals surface area contributed by atoms with E-state index in [1.165, 1.54) is 12.1 Å². The van der Waals surface area contributed by atoms with Crippen molar-refractivity contribution in [3.63, 3.8) is 0 Å². The zero-order valence-electron chi connectivity index (χ0n) is 11.3. The van der Waals surface area contributed by atoms with E-state index in [9.17, 15) is 8.42 Å². The lowest BCUT2D eigenvalue weighted by atomic mass is 9.91. The molecular formula is C14H20O3S. The predicted molar refractivity (Wildman–Crippen MR) is 73.7 cm³/mol. The van der Waals surface area contributed by atoms with Crippen LogP contribution in [-0.2, 0) is 14.3 Å². The van der Waals surface area contributed by atoms with Gasteiger partial charge in [0, 0.05) is 0 Å². The Morgan fingerprint density at radius 3 is 2.11 bits per heavy atom. The lowest BCUT2D eigenvalue weighted by Gasteiger charge is -2.26. The van der Waals surface area contributed by atoms with Crippen LogP contribution in [0, 0.1) is 5.41 Å². The monoisotopic (exact) mass is 268 g/mol. The van der Waals surface area contributed by atoms with Gasteiger partial charge in [-0.3, -0.25) is 4.18 Å². The third kappa shape index (κ3) is 3.68. The fraction of sp³-hybridized carbons (Fsp3) is 0.429. The van der Waals surface area contributed by atoms with Crippen LogP contribution >= 0.6 is 0 Å². The van der Waals surface area contributed by atoms with Crippen molar-refractivity contribution in [1.82, 2.24) is 0 Å². The average Bonchev–Trinajstić information content (AvgIpc) is 2.27. The van der Waals surface area contributed by atoms with Crippen molar-refractivity contribution in [3.05, 3.63) is 36.4 Å². The maximum Gasteiger partial charge on any atom is 0.297 e. The van der Waals surface area contributed by atoms with Gasteiger partial charge in [-0.2, -0.15) is 8.42 Å². The Balaban J connectivity index is 2.96. The van der Waals surface area contributed by atoms with E-state index in [4.69, 9.17) is 4.18 Å². The quantitative estimate of drug-likeness (QED) is 0.785. The summed E-state index contributed by atoms with van der Waals surface area (Å²) in [6.07, 6.45) is 1.27. The summed E-state index contributed by atoms with van der Waals surface area (Å²) < 4.78 is 29.3. The molecule has 0 amide bonds. The van der Waals surface area contributed by atoms with Crippen molar-refractivity contribution in [2.24, 2.45) is 5.41 Å². The van der Waals surface area contributed by atoms with Gasteiger partial charge in [-0.1, -0.05) is 45.6 Å². The highest BCUT2D eigenvalue weighted by Crippen LogP contribution is 2.25. The van der Waals surface area contributed by atoms with Crippen molar-refractivity contribution in [1.29, 1.82) is 0 Å². The molecule has 0 spiro atoms. The summed E-state index contributed by atoms with van der Waals surface area (Å²) in [5, 5.41) is 0. The standard InChI is InChI=1S/C14H20O3S/c1-6-12-7-9-13(10-8-12)18(15,16)17-11(2)14(3,4)5/h6-11H,1H2,2-5H3. The molecule has 0 N–H and O–H groups in total. The first-order valence-electron chi connectivity index (χ1n) is 5.82. The van der Waals surface area contributed by atoms with Crippen LogP contribution in [0.3, 0.4) is 0 Å². The Hall–Kier alpha value is -1.13. The van der Waals surface area contributed by atoms with Crippen molar-refractivity contribution in [2.75, 3.05) is 0 Å². The summed E-state index contributed by atoms with van der Waals surface area (Å²) in [6.45, 7) is 11.2. The average molecular weight is 268 g/mol. The highest BCUT2D eigenvalue weighted by atomic mass is 32.2. The van der Waals surface area contributed by atoms with Gasteiger partial charge in [-0.15, -0.1) is 0 Å². The van der Waals surface area contributed by atoms with Gasteiger partial charge in [-0.05, 0) is 30.0 Å². The highest BCUT2D eigenvalue weighted by Gasteiger charge is 2.27. The topological polar surface area (TPSA) is 43.4 Å². The van der Waals surface area contributed by atoms with Crippen LogP contribution in [0.2, 0.25) is 0 Å². The van der Waals surface area contributed by atoms with Crippen molar-refractivity contribution >= 4 is 16.2 Å². The second-order valence-electron chi connectivity index (χ2n) is 5.33. The smallest absolute Gasteiger partial charge is 0.263 e. The Morgan fingerprint density at radius 1 is 1.22 bits per heavy atom. The molecule has 0 heterocycles. The Bertz CT molecular complexity index is 507. The largest absolute Gasteiger partial charge is 0.297 e. The first-order valence-corrected chi connectivity index (χ1v) is 7.23. The zero-order chi connectivity index (χ0) is 14.0. The minimum absolute atomic E-state index is 0.171. The van der Waals surface area contributed by atoms with Crippen LogP contribution in [-0.4, -0.2) is 14.5 Å². The fourth-order valence-corrected chi connectivity index (χ4v) is 2.41. The Labute approximate surface area is 110 Å². The summed E-state index contributed by atoms with van der Waals surface area (Å²) in [7, 11) is -3.70. The molecule has 0 aliphatic rings. The molecule has 0 radical (unpaired) electrons. The summed E-state index contributed by atoms with van der Waals surface area (Å²) in [4.78, 5) is 0.171. The van der Waals surface area contributed by atoms with Gasteiger partial charge in [0.1, 0.15) is 0 Å². The lowest BCUT2D eigenvalue weighted by Crippen LogP contribution is -2.28. The van der Waals surface area contributed by atoms with Crippen molar-refractivity contribution in [2.45, 2.75) is 38.7 Å². The van der Waals surface area contributed by atoms with E-state index >= 15 is 0 Å². The molecule has 0 aliphatic carbocycles. The number of hydrogen-bond acceptors (Lipinski definition) is 3. The molecule has 0 bridgehead atoms. The van der Waals surface area contributed by atoms with E-state index in [2.05, 4.69) is 6.58 Å². The van der Waals surface area contributed by atoms with Crippen LogP contribution in [0.1, 0.15) is 33.3 Å². The Kier molecular flexibility index (Phi) is 4.35. The van der Waals surface area contributed by atoms with E-state index in [-0.39, 0.29) is 16.4 Å². The van der Waals surface area contributed by atoms with Gasteiger partial charge in [-0.25, -0.2) is 0 Å². The molecule has 0 fully saturated rings. The van der Waals surface area contributed by atoms with E-state index in [1.807, 2.05) is 20.8 Å². The molecule has 1 rings (SSSR count). The van der Waals surface area contributed by atoms with Crippen LogP contribution in [0.4, 0.5) is 0 Å². The van der Waals surface area contributed by atoms with Gasteiger partial charge in [0.15, 0.2) is 0 Å². The van der Waals surface area contributed by atoms with Crippen molar-refractivity contribution < 1.29 is 12.6 Å². The molecule has 0 aromatic heterocycles. The van der Waals surface area contributed by atoms with Crippen LogP contribution in [0.15, 0.2) is 35.7 Å². The molecule has 4 heteroatoms. The van der Waals surface area contributed by atoms with Gasteiger partial charge >= 0.3 is 0 Å². The number of hydrogen-bond donors (Lipinski definition) is 0. The van der Waals surface area contributed by atoms with E-state index in [0.29, 0.717) is 0 Å². The summed E-state index contributed by atoms with van der Waals surface area (Å²) >= 11 is 0. The molecule has 100 valence electrons. The van der Waals surface area contributed by atoms with Crippen LogP contribution in [0.5, 0.6) is 0 Å². The Morgan fingerprint density at radius 2 is 1.72 bits per heavy atom. The minimum Gasteiger partial charge on any atom is -0.263 e. The van der Waals surface area contributed by atoms with E-state index in [1.54, 1.807) is 25.1 Å². The maximum atomic E-state index is 12.0. The van der Waals surface area contributed by atoms with Gasteiger partial charge < -0.3 is 0 Å². The molecule has 0 saturated carbocycles. The maximum absolute atomic E-state index is 12.0. The highest BCUT2D eigenvalue weighted by molar-refractivity contribution is 7.86. The third-order valence-electron chi connectivity index (χ3n) is 2.90. The lowest BCUT2D eigenvalue weighted by molar-refractivity contribution is 0.110. The molecule has 0 aliphatic heterocycles. The first-order chi connectivity index (χ1) is 8.16. The summed E-state index contributed by atoms with van der Waals surface area (Å²) in [6, 6.07) is 6.46. The molecule has 18 heavy (non-hydrogen) atoms. The molecular weight excluding hydrogens is 248 g/mol. The zero-order valence-corrected chi connectivity index (χ0v) is 12.1.